The third kappa shape index (κ3) is 7.15. The lowest BCUT2D eigenvalue weighted by Crippen LogP contribution is -2.41. The van der Waals surface area contributed by atoms with Crippen molar-refractivity contribution in [3.63, 3.8) is 0 Å². The number of aryl methyl sites for hydroxylation is 2. The number of ether oxygens (including phenoxy) is 3. The Morgan fingerprint density at radius 3 is 2.37 bits per heavy atom. The fourth-order valence-electron chi connectivity index (χ4n) is 2.85. The molecule has 7 nitrogen and oxygen atoms in total. The zero-order chi connectivity index (χ0) is 21.9. The molecule has 0 saturated carbocycles. The Bertz CT molecular complexity index is 873. The van der Waals surface area contributed by atoms with Crippen LogP contribution in [0.25, 0.3) is 0 Å². The lowest BCUT2D eigenvalue weighted by Gasteiger charge is -2.12. The van der Waals surface area contributed by atoms with Crippen molar-refractivity contribution in [2.24, 2.45) is 0 Å². The minimum absolute atomic E-state index is 0.197. The van der Waals surface area contributed by atoms with Crippen LogP contribution in [-0.2, 0) is 16.0 Å². The first-order chi connectivity index (χ1) is 14.4. The summed E-state index contributed by atoms with van der Waals surface area (Å²) in [4.78, 5) is 23.9. The van der Waals surface area contributed by atoms with Crippen LogP contribution < -0.4 is 25.1 Å². The number of hydrazine groups is 1. The number of rotatable bonds is 10. The molecule has 0 heterocycles. The van der Waals surface area contributed by atoms with Crippen LogP contribution in [0.1, 0.15) is 30.4 Å². The molecule has 0 aromatic heterocycles. The highest BCUT2D eigenvalue weighted by Gasteiger charge is 2.12. The number of halogens is 1. The van der Waals surface area contributed by atoms with Crippen LogP contribution in [-0.4, -0.2) is 32.6 Å². The standard InChI is InChI=1S/C22H27ClN2O5/c1-15-14-17(23)10-11-18(15)30-13-5-8-20(26)24-25-21(27)12-9-16-6-4-7-19(28-2)22(16)29-3/h4,6-7,10-11,14H,5,8-9,12-13H2,1-3H3,(H,24,26)(H,25,27). The van der Waals surface area contributed by atoms with Gasteiger partial charge < -0.3 is 14.2 Å². The van der Waals surface area contributed by atoms with Gasteiger partial charge in [-0.1, -0.05) is 23.7 Å². The van der Waals surface area contributed by atoms with Crippen LogP contribution in [0.2, 0.25) is 5.02 Å². The normalized spacial score (nSPS) is 10.3. The van der Waals surface area contributed by atoms with E-state index in [9.17, 15) is 9.59 Å². The molecule has 2 aromatic carbocycles. The molecule has 0 atom stereocenters. The highest BCUT2D eigenvalue weighted by atomic mass is 35.5. The second-order valence-corrected chi connectivity index (χ2v) is 7.05. The molecule has 2 N–H and O–H groups in total. The average molecular weight is 435 g/mol. The molecule has 0 fully saturated rings. The van der Waals surface area contributed by atoms with E-state index in [1.807, 2.05) is 25.1 Å². The third-order valence-corrected chi connectivity index (χ3v) is 4.63. The number of methoxy groups -OCH3 is 2. The molecule has 30 heavy (non-hydrogen) atoms. The second-order valence-electron chi connectivity index (χ2n) is 6.61. The minimum Gasteiger partial charge on any atom is -0.493 e. The van der Waals surface area contributed by atoms with Gasteiger partial charge in [0.05, 0.1) is 20.8 Å². The van der Waals surface area contributed by atoms with E-state index < -0.39 is 0 Å². The number of benzene rings is 2. The van der Waals surface area contributed by atoms with E-state index in [0.717, 1.165) is 16.9 Å². The number of hydrogen-bond donors (Lipinski definition) is 2. The molecule has 2 amide bonds. The molecule has 8 heteroatoms. The van der Waals surface area contributed by atoms with Crippen LogP contribution in [0.15, 0.2) is 36.4 Å². The van der Waals surface area contributed by atoms with Gasteiger partial charge in [0, 0.05) is 17.9 Å². The summed E-state index contributed by atoms with van der Waals surface area (Å²) in [5, 5.41) is 0.653. The first-order valence-electron chi connectivity index (χ1n) is 9.61. The molecule has 0 bridgehead atoms. The molecule has 0 aliphatic rings. The number of amides is 2. The van der Waals surface area contributed by atoms with Gasteiger partial charge in [-0.2, -0.15) is 0 Å². The lowest BCUT2D eigenvalue weighted by molar-refractivity contribution is -0.129. The second kappa shape index (κ2) is 11.9. The number of para-hydroxylation sites is 1. The van der Waals surface area contributed by atoms with Gasteiger partial charge in [0.2, 0.25) is 11.8 Å². The van der Waals surface area contributed by atoms with E-state index in [-0.39, 0.29) is 24.7 Å². The Labute approximate surface area is 181 Å². The molecule has 0 radical (unpaired) electrons. The Kier molecular flexibility index (Phi) is 9.28. The van der Waals surface area contributed by atoms with Crippen LogP contribution in [0.5, 0.6) is 17.2 Å². The zero-order valence-electron chi connectivity index (χ0n) is 17.4. The maximum Gasteiger partial charge on any atom is 0.238 e. The van der Waals surface area contributed by atoms with E-state index in [2.05, 4.69) is 10.9 Å². The number of nitrogens with one attached hydrogen (secondary N) is 2. The van der Waals surface area contributed by atoms with Gasteiger partial charge in [-0.3, -0.25) is 20.4 Å². The first-order valence-corrected chi connectivity index (χ1v) is 9.99. The largest absolute Gasteiger partial charge is 0.493 e. The molecule has 0 unspecified atom stereocenters. The topological polar surface area (TPSA) is 85.9 Å². The van der Waals surface area contributed by atoms with Gasteiger partial charge in [-0.15, -0.1) is 0 Å². The van der Waals surface area contributed by atoms with Gasteiger partial charge in [0.1, 0.15) is 5.75 Å². The summed E-state index contributed by atoms with van der Waals surface area (Å²) in [7, 11) is 3.12. The first kappa shape index (κ1) is 23.3. The molecular formula is C22H27ClN2O5. The summed E-state index contributed by atoms with van der Waals surface area (Å²) in [5.74, 6) is 1.38. The van der Waals surface area contributed by atoms with Crippen LogP contribution in [0.4, 0.5) is 0 Å². The maximum atomic E-state index is 12.0. The molecule has 162 valence electrons. The highest BCUT2D eigenvalue weighted by molar-refractivity contribution is 6.30. The SMILES string of the molecule is COc1cccc(CCC(=O)NNC(=O)CCCOc2ccc(Cl)cc2C)c1OC. The molecule has 2 rings (SSSR count). The van der Waals surface area contributed by atoms with Crippen LogP contribution in [0.3, 0.4) is 0 Å². The number of hydrogen-bond acceptors (Lipinski definition) is 5. The van der Waals surface area contributed by atoms with Gasteiger partial charge >= 0.3 is 0 Å². The number of carbonyl (C=O) groups is 2. The van der Waals surface area contributed by atoms with Crippen molar-refractivity contribution < 1.29 is 23.8 Å². The molecular weight excluding hydrogens is 408 g/mol. The predicted molar refractivity (Wildman–Crippen MR) is 115 cm³/mol. The predicted octanol–water partition coefficient (Wildman–Crippen LogP) is 3.60. The monoisotopic (exact) mass is 434 g/mol. The van der Waals surface area contributed by atoms with E-state index in [1.165, 1.54) is 0 Å². The van der Waals surface area contributed by atoms with Crippen molar-refractivity contribution in [1.29, 1.82) is 0 Å². The fraction of sp³-hybridized carbons (Fsp3) is 0.364. The summed E-state index contributed by atoms with van der Waals surface area (Å²) >= 11 is 5.91. The Balaban J connectivity index is 1.66. The highest BCUT2D eigenvalue weighted by Crippen LogP contribution is 2.31. The smallest absolute Gasteiger partial charge is 0.238 e. The third-order valence-electron chi connectivity index (χ3n) is 4.39. The van der Waals surface area contributed by atoms with E-state index in [0.29, 0.717) is 36.0 Å². The molecule has 2 aromatic rings. The van der Waals surface area contributed by atoms with Crippen molar-refractivity contribution in [1.82, 2.24) is 10.9 Å². The van der Waals surface area contributed by atoms with Crippen molar-refractivity contribution >= 4 is 23.4 Å². The quantitative estimate of drug-likeness (QED) is 0.440. The minimum atomic E-state index is -0.290. The van der Waals surface area contributed by atoms with Gasteiger partial charge in [-0.25, -0.2) is 0 Å². The van der Waals surface area contributed by atoms with Crippen molar-refractivity contribution in [3.8, 4) is 17.2 Å². The summed E-state index contributed by atoms with van der Waals surface area (Å²) in [6.45, 7) is 2.30. The fourth-order valence-corrected chi connectivity index (χ4v) is 3.08. The Morgan fingerprint density at radius 1 is 0.967 bits per heavy atom. The molecule has 0 aliphatic heterocycles. The van der Waals surface area contributed by atoms with Crippen LogP contribution >= 0.6 is 11.6 Å². The summed E-state index contributed by atoms with van der Waals surface area (Å²) in [6, 6.07) is 10.9. The van der Waals surface area contributed by atoms with E-state index in [1.54, 1.807) is 32.4 Å². The van der Waals surface area contributed by atoms with Gasteiger partial charge in [0.25, 0.3) is 0 Å². The van der Waals surface area contributed by atoms with E-state index in [4.69, 9.17) is 25.8 Å². The molecule has 0 spiro atoms. The number of carbonyl (C=O) groups excluding carboxylic acids is 2. The van der Waals surface area contributed by atoms with Gasteiger partial charge in [-0.05, 0) is 55.2 Å². The van der Waals surface area contributed by atoms with E-state index >= 15 is 0 Å². The summed E-state index contributed by atoms with van der Waals surface area (Å²) in [6.07, 6.45) is 1.40. The van der Waals surface area contributed by atoms with Crippen LogP contribution in [0, 0.1) is 6.92 Å². The summed E-state index contributed by atoms with van der Waals surface area (Å²) < 4.78 is 16.3. The van der Waals surface area contributed by atoms with Crippen molar-refractivity contribution in [3.05, 3.63) is 52.5 Å². The average Bonchev–Trinajstić information content (AvgIpc) is 2.74. The Hall–Kier alpha value is -2.93. The van der Waals surface area contributed by atoms with Gasteiger partial charge in [0.15, 0.2) is 11.5 Å². The molecule has 0 aliphatic carbocycles. The summed E-state index contributed by atoms with van der Waals surface area (Å²) in [5.41, 5.74) is 6.64. The lowest BCUT2D eigenvalue weighted by atomic mass is 10.1. The maximum absolute atomic E-state index is 12.0. The zero-order valence-corrected chi connectivity index (χ0v) is 18.2. The van der Waals surface area contributed by atoms with Crippen molar-refractivity contribution in [2.45, 2.75) is 32.6 Å². The Morgan fingerprint density at radius 2 is 1.70 bits per heavy atom. The van der Waals surface area contributed by atoms with Crippen molar-refractivity contribution in [2.75, 3.05) is 20.8 Å². The molecule has 0 saturated heterocycles.